The molecule has 0 aromatic heterocycles. The van der Waals surface area contributed by atoms with Gasteiger partial charge in [0, 0.05) is 41.9 Å². The van der Waals surface area contributed by atoms with Crippen LogP contribution in [0.5, 0.6) is 0 Å². The maximum Gasteiger partial charge on any atom is 0.416 e. The summed E-state index contributed by atoms with van der Waals surface area (Å²) in [5.41, 5.74) is 0.426. The van der Waals surface area contributed by atoms with Crippen molar-refractivity contribution in [1.82, 2.24) is 15.5 Å². The first-order chi connectivity index (χ1) is 22.8. The van der Waals surface area contributed by atoms with Crippen LogP contribution < -0.4 is 10.6 Å². The van der Waals surface area contributed by atoms with Crippen LogP contribution in [0.3, 0.4) is 0 Å². The number of alkyl halides is 3. The van der Waals surface area contributed by atoms with E-state index in [2.05, 4.69) is 24.5 Å². The summed E-state index contributed by atoms with van der Waals surface area (Å²) in [4.78, 5) is 29.3. The van der Waals surface area contributed by atoms with Gasteiger partial charge in [-0.25, -0.2) is 8.78 Å². The van der Waals surface area contributed by atoms with E-state index >= 15 is 0 Å². The molecule has 0 saturated heterocycles. The maximum absolute atomic E-state index is 14.1. The van der Waals surface area contributed by atoms with E-state index in [1.165, 1.54) is 6.07 Å². The lowest BCUT2D eigenvalue weighted by molar-refractivity contribution is -0.137. The van der Waals surface area contributed by atoms with Crippen molar-refractivity contribution in [1.29, 1.82) is 0 Å². The van der Waals surface area contributed by atoms with Crippen molar-refractivity contribution in [2.45, 2.75) is 95.1 Å². The fourth-order valence-corrected chi connectivity index (χ4v) is 6.87. The third kappa shape index (κ3) is 8.06. The molecule has 3 N–H and O–H groups in total. The van der Waals surface area contributed by atoms with Gasteiger partial charge in [0.25, 0.3) is 11.8 Å². The quantitative estimate of drug-likeness (QED) is 0.163. The molecule has 3 aromatic rings. The Balaban J connectivity index is 1.37. The highest BCUT2D eigenvalue weighted by Gasteiger charge is 2.45. The van der Waals surface area contributed by atoms with Gasteiger partial charge in [0.1, 0.15) is 11.6 Å². The van der Waals surface area contributed by atoms with E-state index in [0.29, 0.717) is 42.5 Å². The Bertz CT molecular complexity index is 1600. The van der Waals surface area contributed by atoms with Crippen molar-refractivity contribution in [2.75, 3.05) is 13.1 Å². The van der Waals surface area contributed by atoms with Crippen LogP contribution in [0.15, 0.2) is 60.7 Å². The highest BCUT2D eigenvalue weighted by Crippen LogP contribution is 2.46. The zero-order chi connectivity index (χ0) is 34.6. The van der Waals surface area contributed by atoms with E-state index in [1.807, 2.05) is 4.90 Å². The van der Waals surface area contributed by atoms with Crippen LogP contribution in [0.4, 0.5) is 22.0 Å². The number of hydrogen-bond acceptors (Lipinski definition) is 4. The number of rotatable bonds is 14. The number of carbonyl (C=O) groups excluding carboxylic acids is 2. The second-order valence-electron chi connectivity index (χ2n) is 13.0. The molecule has 2 aliphatic rings. The zero-order valence-electron chi connectivity index (χ0n) is 27.2. The minimum absolute atomic E-state index is 0.113. The van der Waals surface area contributed by atoms with Gasteiger partial charge in [-0.05, 0) is 91.6 Å². The van der Waals surface area contributed by atoms with Gasteiger partial charge in [0.2, 0.25) is 0 Å². The normalized spacial score (nSPS) is 16.9. The van der Waals surface area contributed by atoms with Crippen molar-refractivity contribution in [3.05, 3.63) is 106 Å². The van der Waals surface area contributed by atoms with Gasteiger partial charge in [-0.3, -0.25) is 9.59 Å². The lowest BCUT2D eigenvalue weighted by Gasteiger charge is -2.36. The van der Waals surface area contributed by atoms with E-state index in [0.717, 1.165) is 56.0 Å². The fourth-order valence-electron chi connectivity index (χ4n) is 6.87. The molecular formula is C37H42F5N3O3. The van der Waals surface area contributed by atoms with Gasteiger partial charge in [-0.15, -0.1) is 0 Å². The molecule has 3 aromatic carbocycles. The average Bonchev–Trinajstić information content (AvgIpc) is 3.84. The number of aliphatic hydroxyl groups is 1. The minimum Gasteiger partial charge on any atom is -0.390 e. The number of hydrogen-bond donors (Lipinski definition) is 3. The summed E-state index contributed by atoms with van der Waals surface area (Å²) in [5.74, 6) is -2.30. The summed E-state index contributed by atoms with van der Waals surface area (Å²) in [5, 5.41) is 17.4. The number of nitrogens with one attached hydrogen (secondary N) is 2. The van der Waals surface area contributed by atoms with Crippen LogP contribution in [0.25, 0.3) is 0 Å². The lowest BCUT2D eigenvalue weighted by atomic mass is 9.91. The van der Waals surface area contributed by atoms with E-state index in [9.17, 15) is 36.6 Å². The van der Waals surface area contributed by atoms with Crippen molar-refractivity contribution < 1.29 is 36.6 Å². The minimum atomic E-state index is -4.51. The fraction of sp³-hybridized carbons (Fsp3) is 0.459. The first kappa shape index (κ1) is 35.5. The molecule has 6 nitrogen and oxygen atoms in total. The number of amides is 2. The third-order valence-corrected chi connectivity index (χ3v) is 9.50. The molecule has 2 atom stereocenters. The molecule has 1 fully saturated rings. The first-order valence-electron chi connectivity index (χ1n) is 16.6. The molecule has 0 unspecified atom stereocenters. The lowest BCUT2D eigenvalue weighted by Crippen LogP contribution is -2.50. The highest BCUT2D eigenvalue weighted by atomic mass is 19.4. The Morgan fingerprint density at radius 2 is 1.65 bits per heavy atom. The maximum atomic E-state index is 14.1. The second-order valence-corrected chi connectivity index (χ2v) is 13.0. The highest BCUT2D eigenvalue weighted by molar-refractivity contribution is 6.03. The number of benzene rings is 3. The van der Waals surface area contributed by atoms with E-state index < -0.39 is 47.0 Å². The van der Waals surface area contributed by atoms with Crippen molar-refractivity contribution in [3.63, 3.8) is 0 Å². The van der Waals surface area contributed by atoms with Gasteiger partial charge >= 0.3 is 6.18 Å². The molecule has 0 radical (unpaired) electrons. The molecule has 0 spiro atoms. The SMILES string of the molecule is CCCC(CCC)N1CCc2c(C(=O)N[C@@H](Cc3cc(F)cc(F)c3)[C@@H](O)CNC3(c4cccc(C(F)(F)F)c4)CC3)cccc2C1=O. The van der Waals surface area contributed by atoms with Crippen LogP contribution >= 0.6 is 0 Å². The number of carbonyl (C=O) groups is 2. The molecule has 0 bridgehead atoms. The summed E-state index contributed by atoms with van der Waals surface area (Å²) >= 11 is 0. The number of nitrogens with zero attached hydrogens (tertiary/aromatic N) is 1. The molecule has 2 amide bonds. The number of aliphatic hydroxyl groups excluding tert-OH is 1. The third-order valence-electron chi connectivity index (χ3n) is 9.50. The van der Waals surface area contributed by atoms with E-state index in [1.54, 1.807) is 24.3 Å². The van der Waals surface area contributed by atoms with Crippen LogP contribution in [-0.2, 0) is 24.6 Å². The first-order valence-corrected chi connectivity index (χ1v) is 16.6. The van der Waals surface area contributed by atoms with Gasteiger partial charge in [-0.1, -0.05) is 44.9 Å². The summed E-state index contributed by atoms with van der Waals surface area (Å²) in [6.07, 6.45) is -0.696. The largest absolute Gasteiger partial charge is 0.416 e. The Labute approximate surface area is 277 Å². The Morgan fingerprint density at radius 1 is 0.979 bits per heavy atom. The summed E-state index contributed by atoms with van der Waals surface area (Å²) in [6.45, 7) is 4.52. The molecular weight excluding hydrogens is 629 g/mol. The van der Waals surface area contributed by atoms with Gasteiger partial charge in [0.15, 0.2) is 0 Å². The Morgan fingerprint density at radius 3 is 2.27 bits per heavy atom. The average molecular weight is 672 g/mol. The van der Waals surface area contributed by atoms with Gasteiger partial charge < -0.3 is 20.6 Å². The van der Waals surface area contributed by atoms with Crippen LogP contribution in [0.2, 0.25) is 0 Å². The second kappa shape index (κ2) is 14.7. The van der Waals surface area contributed by atoms with E-state index in [-0.39, 0.29) is 36.0 Å². The van der Waals surface area contributed by atoms with E-state index in [4.69, 9.17) is 0 Å². The van der Waals surface area contributed by atoms with Crippen molar-refractivity contribution in [3.8, 4) is 0 Å². The molecule has 258 valence electrons. The van der Waals surface area contributed by atoms with Crippen molar-refractivity contribution in [2.24, 2.45) is 0 Å². The molecule has 1 heterocycles. The monoisotopic (exact) mass is 671 g/mol. The van der Waals surface area contributed by atoms with Crippen LogP contribution in [0.1, 0.15) is 95.3 Å². The standard InChI is InChI=1S/C37H42F5N3O3/c1-3-7-28(8-4-2)45-16-13-29-30(11-6-12-31(29)35(45)48)34(47)44-32(19-23-17-26(38)21-27(39)18-23)33(46)22-43-36(14-15-36)24-9-5-10-25(20-24)37(40,41)42/h5-6,9-12,17-18,20-21,28,32-33,43,46H,3-4,7-8,13-16,19,22H2,1-2H3,(H,44,47)/t32-,33-/m0/s1. The van der Waals surface area contributed by atoms with Crippen molar-refractivity contribution >= 4 is 11.8 Å². The summed E-state index contributed by atoms with van der Waals surface area (Å²) < 4.78 is 68.4. The predicted octanol–water partition coefficient (Wildman–Crippen LogP) is 6.93. The molecule has 5 rings (SSSR count). The van der Waals surface area contributed by atoms with Crippen LogP contribution in [-0.4, -0.2) is 53.1 Å². The molecule has 1 aliphatic heterocycles. The van der Waals surface area contributed by atoms with Crippen LogP contribution in [0, 0.1) is 11.6 Å². The number of fused-ring (bicyclic) bond motifs is 1. The number of halogens is 5. The summed E-state index contributed by atoms with van der Waals surface area (Å²) in [6, 6.07) is 12.1. The topological polar surface area (TPSA) is 81.7 Å². The Hall–Kier alpha value is -3.83. The molecule has 11 heteroatoms. The molecule has 1 saturated carbocycles. The van der Waals surface area contributed by atoms with Gasteiger partial charge in [-0.2, -0.15) is 13.2 Å². The smallest absolute Gasteiger partial charge is 0.390 e. The predicted molar refractivity (Wildman–Crippen MR) is 172 cm³/mol. The molecule has 48 heavy (non-hydrogen) atoms. The van der Waals surface area contributed by atoms with Gasteiger partial charge in [0.05, 0.1) is 17.7 Å². The zero-order valence-corrected chi connectivity index (χ0v) is 27.2. The Kier molecular flexibility index (Phi) is 10.9. The summed E-state index contributed by atoms with van der Waals surface area (Å²) in [7, 11) is 0. The molecule has 1 aliphatic carbocycles.